The van der Waals surface area contributed by atoms with Gasteiger partial charge >= 0.3 is 5.97 Å². The Balaban J connectivity index is 1.76. The molecule has 0 unspecified atom stereocenters. The van der Waals surface area contributed by atoms with E-state index in [4.69, 9.17) is 0 Å². The minimum atomic E-state index is -1.12. The number of hydrogen-bond acceptors (Lipinski definition) is 5. The zero-order valence-corrected chi connectivity index (χ0v) is 12.8. The van der Waals surface area contributed by atoms with E-state index >= 15 is 0 Å². The Bertz CT molecular complexity index is 711. The fourth-order valence-electron chi connectivity index (χ4n) is 2.54. The highest BCUT2D eigenvalue weighted by atomic mass is 32.2. The molecule has 0 bridgehead atoms. The molecule has 22 heavy (non-hydrogen) atoms. The number of carbonyl (C=O) groups excluding carboxylic acids is 2. The summed E-state index contributed by atoms with van der Waals surface area (Å²) in [6.45, 7) is 1.70. The lowest BCUT2D eigenvalue weighted by Gasteiger charge is -2.49. The molecule has 2 aliphatic rings. The van der Waals surface area contributed by atoms with E-state index in [1.807, 2.05) is 0 Å². The van der Waals surface area contributed by atoms with Crippen LogP contribution in [0.5, 0.6) is 0 Å². The van der Waals surface area contributed by atoms with Gasteiger partial charge in [-0.25, -0.2) is 4.79 Å². The van der Waals surface area contributed by atoms with Crippen molar-refractivity contribution in [1.29, 1.82) is 0 Å². The second-order valence-electron chi connectivity index (χ2n) is 5.20. The summed E-state index contributed by atoms with van der Waals surface area (Å²) in [6, 6.07) is -0.708. The Hall–Kier alpha value is -2.29. The van der Waals surface area contributed by atoms with E-state index in [0.717, 1.165) is 0 Å². The van der Waals surface area contributed by atoms with Gasteiger partial charge in [-0.1, -0.05) is 0 Å². The normalized spacial score (nSPS) is 23.9. The van der Waals surface area contributed by atoms with E-state index in [1.165, 1.54) is 27.5 Å². The lowest BCUT2D eigenvalue weighted by Crippen LogP contribution is -2.70. The number of aliphatic carboxylic acids is 1. The van der Waals surface area contributed by atoms with Crippen LogP contribution in [0.15, 0.2) is 23.7 Å². The number of rotatable bonds is 3. The number of fused-ring (bicyclic) bond motifs is 1. The van der Waals surface area contributed by atoms with Crippen molar-refractivity contribution in [3.05, 3.63) is 29.2 Å². The molecule has 0 radical (unpaired) electrons. The fraction of sp³-hybridized carbons (Fsp3) is 0.385. The highest BCUT2D eigenvalue weighted by Crippen LogP contribution is 2.40. The number of aromatic nitrogens is 2. The quantitative estimate of drug-likeness (QED) is 0.746. The number of hydrogen-bond donors (Lipinski definition) is 2. The Morgan fingerprint density at radius 1 is 1.50 bits per heavy atom. The molecule has 2 amide bonds. The molecule has 1 aromatic rings. The van der Waals surface area contributed by atoms with Gasteiger partial charge in [0.05, 0.1) is 11.8 Å². The topological polar surface area (TPSA) is 105 Å². The SMILES string of the molecule is CC1=C(C(=O)O)N2C(=O)[C@@H](NC(=O)c3cnn(C)c3)[C@H]2SC1. The lowest BCUT2D eigenvalue weighted by molar-refractivity contribution is -0.148. The van der Waals surface area contributed by atoms with Crippen molar-refractivity contribution in [2.45, 2.75) is 18.3 Å². The van der Waals surface area contributed by atoms with Gasteiger partial charge in [0, 0.05) is 19.0 Å². The first-order valence-electron chi connectivity index (χ1n) is 6.57. The van der Waals surface area contributed by atoms with Crippen molar-refractivity contribution in [2.24, 2.45) is 7.05 Å². The molecule has 0 aliphatic carbocycles. The van der Waals surface area contributed by atoms with Crippen LogP contribution in [0.3, 0.4) is 0 Å². The maximum absolute atomic E-state index is 12.2. The Morgan fingerprint density at radius 3 is 2.82 bits per heavy atom. The van der Waals surface area contributed by atoms with Crippen LogP contribution in [0.2, 0.25) is 0 Å². The molecule has 0 spiro atoms. The summed E-state index contributed by atoms with van der Waals surface area (Å²) in [5.74, 6) is -1.38. The zero-order chi connectivity index (χ0) is 16.0. The third kappa shape index (κ3) is 2.17. The number of thioether (sulfide) groups is 1. The van der Waals surface area contributed by atoms with Crippen molar-refractivity contribution < 1.29 is 19.5 Å². The van der Waals surface area contributed by atoms with E-state index in [9.17, 15) is 19.5 Å². The lowest BCUT2D eigenvalue weighted by atomic mass is 10.0. The maximum Gasteiger partial charge on any atom is 0.352 e. The van der Waals surface area contributed by atoms with Gasteiger partial charge in [-0.2, -0.15) is 5.10 Å². The summed E-state index contributed by atoms with van der Waals surface area (Å²) in [5.41, 5.74) is 1.04. The summed E-state index contributed by atoms with van der Waals surface area (Å²) in [6.07, 6.45) is 2.97. The van der Waals surface area contributed by atoms with E-state index in [2.05, 4.69) is 10.4 Å². The molecular formula is C13H14N4O4S. The molecule has 1 aromatic heterocycles. The van der Waals surface area contributed by atoms with E-state index in [0.29, 0.717) is 16.9 Å². The van der Waals surface area contributed by atoms with Gasteiger partial charge in [0.2, 0.25) is 0 Å². The molecular weight excluding hydrogens is 308 g/mol. The number of nitrogens with zero attached hydrogens (tertiary/aromatic N) is 3. The number of aryl methyl sites for hydroxylation is 1. The van der Waals surface area contributed by atoms with E-state index < -0.39 is 23.8 Å². The molecule has 8 nitrogen and oxygen atoms in total. The van der Waals surface area contributed by atoms with Crippen LogP contribution >= 0.6 is 11.8 Å². The molecule has 1 fully saturated rings. The molecule has 9 heteroatoms. The number of carbonyl (C=O) groups is 3. The number of β-lactam (4-membered cyclic amide) rings is 1. The van der Waals surface area contributed by atoms with Gasteiger partial charge in [-0.15, -0.1) is 11.8 Å². The van der Waals surface area contributed by atoms with Crippen LogP contribution in [0, 0.1) is 0 Å². The Kier molecular flexibility index (Phi) is 3.44. The summed E-state index contributed by atoms with van der Waals surface area (Å²) in [4.78, 5) is 36.8. The Morgan fingerprint density at radius 2 is 2.23 bits per heavy atom. The van der Waals surface area contributed by atoms with Gasteiger partial charge in [0.25, 0.3) is 11.8 Å². The highest BCUT2D eigenvalue weighted by Gasteiger charge is 2.53. The van der Waals surface area contributed by atoms with Crippen molar-refractivity contribution in [1.82, 2.24) is 20.0 Å². The third-order valence-corrected chi connectivity index (χ3v) is 5.04. The van der Waals surface area contributed by atoms with Gasteiger partial charge in [0.15, 0.2) is 0 Å². The van der Waals surface area contributed by atoms with Crippen molar-refractivity contribution in [3.8, 4) is 0 Å². The second kappa shape index (κ2) is 5.16. The average molecular weight is 322 g/mol. The van der Waals surface area contributed by atoms with E-state index in [1.54, 1.807) is 20.2 Å². The van der Waals surface area contributed by atoms with E-state index in [-0.39, 0.29) is 11.1 Å². The predicted octanol–water partition coefficient (Wildman–Crippen LogP) is -0.208. The first-order valence-corrected chi connectivity index (χ1v) is 7.62. The average Bonchev–Trinajstić information content (AvgIpc) is 2.90. The molecule has 3 heterocycles. The van der Waals surface area contributed by atoms with Crippen LogP contribution in [-0.2, 0) is 16.6 Å². The summed E-state index contributed by atoms with van der Waals surface area (Å²) >= 11 is 1.44. The van der Waals surface area contributed by atoms with Crippen molar-refractivity contribution in [3.63, 3.8) is 0 Å². The van der Waals surface area contributed by atoms with Crippen molar-refractivity contribution >= 4 is 29.5 Å². The van der Waals surface area contributed by atoms with Crippen LogP contribution in [0.4, 0.5) is 0 Å². The summed E-state index contributed by atoms with van der Waals surface area (Å²) in [7, 11) is 1.69. The number of nitrogens with one attached hydrogen (secondary N) is 1. The van der Waals surface area contributed by atoms with Gasteiger partial charge < -0.3 is 10.4 Å². The molecule has 2 aliphatic heterocycles. The van der Waals surface area contributed by atoms with Crippen molar-refractivity contribution in [2.75, 3.05) is 5.75 Å². The van der Waals surface area contributed by atoms with Crippen LogP contribution < -0.4 is 5.32 Å². The smallest absolute Gasteiger partial charge is 0.352 e. The number of amides is 2. The summed E-state index contributed by atoms with van der Waals surface area (Å²) < 4.78 is 1.49. The van der Waals surface area contributed by atoms with Crippen LogP contribution in [0.1, 0.15) is 17.3 Å². The second-order valence-corrected chi connectivity index (χ2v) is 6.30. The molecule has 2 atom stereocenters. The largest absolute Gasteiger partial charge is 0.477 e. The molecule has 116 valence electrons. The highest BCUT2D eigenvalue weighted by molar-refractivity contribution is 8.00. The number of carboxylic acid groups (broad SMARTS) is 1. The predicted molar refractivity (Wildman–Crippen MR) is 77.9 cm³/mol. The van der Waals surface area contributed by atoms with Gasteiger partial charge in [-0.05, 0) is 12.5 Å². The van der Waals surface area contributed by atoms with Crippen LogP contribution in [0.25, 0.3) is 0 Å². The molecule has 1 saturated heterocycles. The first-order chi connectivity index (χ1) is 10.4. The van der Waals surface area contributed by atoms with Gasteiger partial charge in [-0.3, -0.25) is 19.2 Å². The number of carboxylic acids is 1. The fourth-order valence-corrected chi connectivity index (χ4v) is 3.83. The maximum atomic E-state index is 12.2. The first kappa shape index (κ1) is 14.6. The molecule has 3 rings (SSSR count). The molecule has 0 saturated carbocycles. The van der Waals surface area contributed by atoms with Gasteiger partial charge in [0.1, 0.15) is 17.1 Å². The standard InChI is InChI=1S/C13H14N4O4S/c1-6-5-22-12-8(11(19)17(12)9(6)13(20)21)15-10(18)7-3-14-16(2)4-7/h3-4,8,12H,5H2,1-2H3,(H,15,18)(H,20,21)/t8-,12-/m1/s1. The third-order valence-electron chi connectivity index (χ3n) is 3.62. The molecule has 0 aromatic carbocycles. The monoisotopic (exact) mass is 322 g/mol. The summed E-state index contributed by atoms with van der Waals surface area (Å²) in [5, 5.41) is 15.4. The van der Waals surface area contributed by atoms with Crippen LogP contribution in [-0.4, -0.2) is 54.7 Å². The minimum absolute atomic E-state index is 0.0284. The Labute approximate surface area is 130 Å². The zero-order valence-electron chi connectivity index (χ0n) is 11.9. The molecule has 2 N–H and O–H groups in total. The minimum Gasteiger partial charge on any atom is -0.477 e.